The summed E-state index contributed by atoms with van der Waals surface area (Å²) in [5.74, 6) is -0.109. The van der Waals surface area contributed by atoms with Crippen molar-refractivity contribution in [3.63, 3.8) is 0 Å². The van der Waals surface area contributed by atoms with E-state index in [1.54, 1.807) is 12.1 Å². The Morgan fingerprint density at radius 1 is 0.900 bits per heavy atom. The van der Waals surface area contributed by atoms with Gasteiger partial charge in [-0.1, -0.05) is 49.6 Å². The van der Waals surface area contributed by atoms with Gasteiger partial charge >= 0.3 is 0 Å². The minimum atomic E-state index is -0.109. The van der Waals surface area contributed by atoms with E-state index in [4.69, 9.17) is 0 Å². The van der Waals surface area contributed by atoms with Crippen LogP contribution in [0, 0.1) is 20.8 Å². The smallest absolute Gasteiger partial charge is 0.255 e. The van der Waals surface area contributed by atoms with Gasteiger partial charge in [0.2, 0.25) is 0 Å². The number of carbonyl (C=O) groups is 1. The molecule has 2 aromatic rings. The van der Waals surface area contributed by atoms with Crippen LogP contribution in [-0.4, -0.2) is 5.91 Å². The van der Waals surface area contributed by atoms with Gasteiger partial charge in [-0.2, -0.15) is 0 Å². The zero-order valence-corrected chi connectivity index (χ0v) is 14.7. The van der Waals surface area contributed by atoms with Gasteiger partial charge in [0.25, 0.3) is 5.91 Å². The molecule has 0 unspecified atom stereocenters. The highest BCUT2D eigenvalue weighted by molar-refractivity contribution is 9.11. The van der Waals surface area contributed by atoms with Crippen molar-refractivity contribution >= 4 is 43.5 Å². The molecule has 0 aliphatic carbocycles. The van der Waals surface area contributed by atoms with Crippen LogP contribution in [0.4, 0.5) is 5.69 Å². The number of aryl methyl sites for hydroxylation is 3. The zero-order valence-electron chi connectivity index (χ0n) is 11.6. The lowest BCUT2D eigenvalue weighted by molar-refractivity contribution is 0.102. The van der Waals surface area contributed by atoms with Gasteiger partial charge < -0.3 is 5.32 Å². The Morgan fingerprint density at radius 2 is 1.40 bits per heavy atom. The summed E-state index contributed by atoms with van der Waals surface area (Å²) in [6.45, 7) is 6.07. The lowest BCUT2D eigenvalue weighted by atomic mass is 10.0. The normalized spacial score (nSPS) is 10.4. The van der Waals surface area contributed by atoms with Crippen molar-refractivity contribution in [3.05, 3.63) is 61.5 Å². The fraction of sp³-hybridized carbons (Fsp3) is 0.188. The predicted molar refractivity (Wildman–Crippen MR) is 90.4 cm³/mol. The number of nitrogens with one attached hydrogen (secondary N) is 1. The fourth-order valence-electron chi connectivity index (χ4n) is 2.25. The second kappa shape index (κ2) is 6.10. The van der Waals surface area contributed by atoms with Crippen molar-refractivity contribution in [2.45, 2.75) is 20.8 Å². The summed E-state index contributed by atoms with van der Waals surface area (Å²) in [6, 6.07) is 9.65. The van der Waals surface area contributed by atoms with Gasteiger partial charge in [-0.05, 0) is 50.1 Å². The number of hydrogen-bond acceptors (Lipinski definition) is 1. The zero-order chi connectivity index (χ0) is 14.9. The first-order valence-electron chi connectivity index (χ1n) is 6.22. The first-order valence-corrected chi connectivity index (χ1v) is 7.80. The largest absolute Gasteiger partial charge is 0.322 e. The van der Waals surface area contributed by atoms with Crippen LogP contribution in [0.3, 0.4) is 0 Å². The molecule has 0 spiro atoms. The molecule has 0 saturated carbocycles. The van der Waals surface area contributed by atoms with Gasteiger partial charge in [0.05, 0.1) is 0 Å². The molecule has 0 saturated heterocycles. The Balaban J connectivity index is 2.32. The summed E-state index contributed by atoms with van der Waals surface area (Å²) >= 11 is 6.79. The maximum atomic E-state index is 12.4. The van der Waals surface area contributed by atoms with Gasteiger partial charge in [-0.25, -0.2) is 0 Å². The van der Waals surface area contributed by atoms with Crippen LogP contribution < -0.4 is 5.32 Å². The molecule has 0 radical (unpaired) electrons. The molecule has 1 amide bonds. The third-order valence-corrected chi connectivity index (χ3v) is 3.96. The average Bonchev–Trinajstić information content (AvgIpc) is 2.32. The summed E-state index contributed by atoms with van der Waals surface area (Å²) in [7, 11) is 0. The molecule has 2 rings (SSSR count). The number of hydrogen-bond donors (Lipinski definition) is 1. The number of rotatable bonds is 2. The first kappa shape index (κ1) is 15.3. The third kappa shape index (κ3) is 3.49. The lowest BCUT2D eigenvalue weighted by Crippen LogP contribution is -2.14. The van der Waals surface area contributed by atoms with Gasteiger partial charge in [0.15, 0.2) is 0 Å². The van der Waals surface area contributed by atoms with E-state index in [-0.39, 0.29) is 5.91 Å². The molecular weight excluding hydrogens is 382 g/mol. The molecular formula is C16H15Br2NO. The van der Waals surface area contributed by atoms with E-state index < -0.39 is 0 Å². The second-order valence-electron chi connectivity index (χ2n) is 4.89. The molecule has 0 atom stereocenters. The first-order chi connectivity index (χ1) is 9.36. The fourth-order valence-corrected chi connectivity index (χ4v) is 3.54. The molecule has 104 valence electrons. The molecule has 0 bridgehead atoms. The van der Waals surface area contributed by atoms with E-state index in [1.165, 1.54) is 5.56 Å². The van der Waals surface area contributed by atoms with Gasteiger partial charge in [-0.15, -0.1) is 0 Å². The molecule has 0 heterocycles. The highest BCUT2D eigenvalue weighted by Gasteiger charge is 2.11. The summed E-state index contributed by atoms with van der Waals surface area (Å²) < 4.78 is 1.74. The van der Waals surface area contributed by atoms with Crippen LogP contribution in [0.25, 0.3) is 0 Å². The molecule has 20 heavy (non-hydrogen) atoms. The van der Waals surface area contributed by atoms with E-state index >= 15 is 0 Å². The van der Waals surface area contributed by atoms with Crippen molar-refractivity contribution in [2.75, 3.05) is 5.32 Å². The Kier molecular flexibility index (Phi) is 4.66. The Labute approximate surface area is 135 Å². The Bertz CT molecular complexity index is 637. The average molecular weight is 397 g/mol. The number of amides is 1. The standard InChI is InChI=1S/C16H15Br2NO/c1-9-4-10(2)15(11(3)5-9)19-16(20)12-6-13(17)8-14(18)7-12/h4-8H,1-3H3,(H,19,20). The Morgan fingerprint density at radius 3 is 1.90 bits per heavy atom. The molecule has 4 heteroatoms. The van der Waals surface area contributed by atoms with Crippen molar-refractivity contribution in [1.82, 2.24) is 0 Å². The molecule has 0 fully saturated rings. The van der Waals surface area contributed by atoms with Gasteiger partial charge in [-0.3, -0.25) is 4.79 Å². The van der Waals surface area contributed by atoms with E-state index in [2.05, 4.69) is 56.2 Å². The van der Waals surface area contributed by atoms with Crippen molar-refractivity contribution < 1.29 is 4.79 Å². The lowest BCUT2D eigenvalue weighted by Gasteiger charge is -2.13. The van der Waals surface area contributed by atoms with Crippen LogP contribution in [0.5, 0.6) is 0 Å². The van der Waals surface area contributed by atoms with Crippen LogP contribution in [0.2, 0.25) is 0 Å². The number of halogens is 2. The quantitative estimate of drug-likeness (QED) is 0.724. The summed E-state index contributed by atoms with van der Waals surface area (Å²) in [6.07, 6.45) is 0. The molecule has 1 N–H and O–H groups in total. The van der Waals surface area contributed by atoms with Crippen LogP contribution >= 0.6 is 31.9 Å². The van der Waals surface area contributed by atoms with Crippen LogP contribution in [-0.2, 0) is 0 Å². The maximum absolute atomic E-state index is 12.4. The predicted octanol–water partition coefficient (Wildman–Crippen LogP) is 5.39. The Hall–Kier alpha value is -1.13. The highest BCUT2D eigenvalue weighted by Crippen LogP contribution is 2.24. The van der Waals surface area contributed by atoms with E-state index in [0.717, 1.165) is 25.8 Å². The summed E-state index contributed by atoms with van der Waals surface area (Å²) in [4.78, 5) is 12.4. The van der Waals surface area contributed by atoms with Gasteiger partial charge in [0, 0.05) is 20.2 Å². The number of anilines is 1. The topological polar surface area (TPSA) is 29.1 Å². The van der Waals surface area contributed by atoms with Crippen LogP contribution in [0.1, 0.15) is 27.0 Å². The van der Waals surface area contributed by atoms with Crippen molar-refractivity contribution in [2.24, 2.45) is 0 Å². The SMILES string of the molecule is Cc1cc(C)c(NC(=O)c2cc(Br)cc(Br)c2)c(C)c1. The monoisotopic (exact) mass is 395 g/mol. The minimum absolute atomic E-state index is 0.109. The summed E-state index contributed by atoms with van der Waals surface area (Å²) in [5, 5.41) is 3.00. The third-order valence-electron chi connectivity index (χ3n) is 3.04. The van der Waals surface area contributed by atoms with E-state index in [9.17, 15) is 4.79 Å². The van der Waals surface area contributed by atoms with Crippen LogP contribution in [0.15, 0.2) is 39.3 Å². The van der Waals surface area contributed by atoms with E-state index in [0.29, 0.717) is 5.56 Å². The summed E-state index contributed by atoms with van der Waals surface area (Å²) in [5.41, 5.74) is 4.85. The molecule has 0 aliphatic heterocycles. The van der Waals surface area contributed by atoms with E-state index in [1.807, 2.05) is 19.9 Å². The molecule has 2 nitrogen and oxygen atoms in total. The molecule has 2 aromatic carbocycles. The second-order valence-corrected chi connectivity index (χ2v) is 6.72. The van der Waals surface area contributed by atoms with Crippen molar-refractivity contribution in [3.8, 4) is 0 Å². The number of benzene rings is 2. The van der Waals surface area contributed by atoms with Crippen molar-refractivity contribution in [1.29, 1.82) is 0 Å². The highest BCUT2D eigenvalue weighted by atomic mass is 79.9. The van der Waals surface area contributed by atoms with Gasteiger partial charge in [0.1, 0.15) is 0 Å². The molecule has 0 aliphatic rings. The number of carbonyl (C=O) groups excluding carboxylic acids is 1. The molecule has 0 aromatic heterocycles. The minimum Gasteiger partial charge on any atom is -0.322 e. The maximum Gasteiger partial charge on any atom is 0.255 e.